The summed E-state index contributed by atoms with van der Waals surface area (Å²) >= 11 is 16.2. The van der Waals surface area contributed by atoms with Crippen LogP contribution in [0.3, 0.4) is 0 Å². The quantitative estimate of drug-likeness (QED) is 0.597. The van der Waals surface area contributed by atoms with E-state index in [4.69, 9.17) is 27.6 Å². The molecule has 0 bridgehead atoms. The van der Waals surface area contributed by atoms with Crippen molar-refractivity contribution in [3.05, 3.63) is 31.9 Å². The smallest absolute Gasteiger partial charge is 0.154 e. The van der Waals surface area contributed by atoms with Crippen molar-refractivity contribution in [3.63, 3.8) is 0 Å². The van der Waals surface area contributed by atoms with E-state index in [0.717, 1.165) is 27.7 Å². The molecule has 1 N–H and O–H groups in total. The molecule has 1 aromatic carbocycles. The van der Waals surface area contributed by atoms with Crippen LogP contribution in [0.2, 0.25) is 10.0 Å². The van der Waals surface area contributed by atoms with Crippen molar-refractivity contribution in [3.8, 4) is 0 Å². The molecule has 5 heteroatoms. The van der Waals surface area contributed by atoms with Crippen molar-refractivity contribution in [2.24, 2.45) is 5.92 Å². The topological polar surface area (TPSA) is 25.2 Å². The maximum atomic E-state index is 6.46. The second-order valence-corrected chi connectivity index (χ2v) is 7.62. The van der Waals surface area contributed by atoms with Crippen LogP contribution in [-0.4, -0.2) is 6.54 Å². The number of hydrogen-bond donors (Lipinski definition) is 1. The van der Waals surface area contributed by atoms with E-state index in [2.05, 4.69) is 48.9 Å². The predicted octanol–water partition coefficient (Wildman–Crippen LogP) is 6.37. The molecule has 0 spiro atoms. The highest BCUT2D eigenvalue weighted by Gasteiger charge is 2.22. The van der Waals surface area contributed by atoms with Crippen LogP contribution in [0.5, 0.6) is 0 Å². The molecule has 0 saturated heterocycles. The fraction of sp³-hybridized carbons (Fsp3) is 0.500. The van der Waals surface area contributed by atoms with Gasteiger partial charge < -0.3 is 9.73 Å². The van der Waals surface area contributed by atoms with Gasteiger partial charge in [0, 0.05) is 15.4 Å². The van der Waals surface area contributed by atoms with E-state index in [1.807, 2.05) is 0 Å². The Balaban J connectivity index is 2.53. The Bertz CT molecular complexity index is 649. The fourth-order valence-corrected chi connectivity index (χ4v) is 3.50. The van der Waals surface area contributed by atoms with Crippen LogP contribution in [0, 0.1) is 5.92 Å². The number of benzene rings is 1. The lowest BCUT2D eigenvalue weighted by molar-refractivity contribution is 0.478. The minimum atomic E-state index is 0.310. The van der Waals surface area contributed by atoms with Crippen molar-refractivity contribution < 1.29 is 4.42 Å². The lowest BCUT2D eigenvalue weighted by Crippen LogP contribution is -2.19. The first-order valence-electron chi connectivity index (χ1n) is 7.12. The molecule has 0 aliphatic rings. The Hall–Kier alpha value is -0.220. The zero-order valence-electron chi connectivity index (χ0n) is 12.7. The number of rotatable bonds is 5. The van der Waals surface area contributed by atoms with Gasteiger partial charge in [-0.15, -0.1) is 0 Å². The largest absolute Gasteiger partial charge is 0.458 e. The van der Waals surface area contributed by atoms with Gasteiger partial charge in [-0.05, 0) is 40.4 Å². The molecule has 2 nitrogen and oxygen atoms in total. The summed E-state index contributed by atoms with van der Waals surface area (Å²) in [5, 5.41) is 5.59. The van der Waals surface area contributed by atoms with Gasteiger partial charge in [0.05, 0.1) is 16.6 Å². The first-order valence-corrected chi connectivity index (χ1v) is 8.67. The van der Waals surface area contributed by atoms with Crippen LogP contribution in [-0.2, 0) is 6.54 Å². The molecule has 0 saturated carbocycles. The van der Waals surface area contributed by atoms with E-state index in [0.29, 0.717) is 34.0 Å². The van der Waals surface area contributed by atoms with E-state index in [-0.39, 0.29) is 0 Å². The van der Waals surface area contributed by atoms with Crippen molar-refractivity contribution in [1.29, 1.82) is 0 Å². The van der Waals surface area contributed by atoms with Gasteiger partial charge in [-0.3, -0.25) is 0 Å². The van der Waals surface area contributed by atoms with Crippen molar-refractivity contribution >= 4 is 50.1 Å². The van der Waals surface area contributed by atoms with E-state index in [9.17, 15) is 0 Å². The van der Waals surface area contributed by atoms with Gasteiger partial charge in [0.25, 0.3) is 0 Å². The Morgan fingerprint density at radius 2 is 1.90 bits per heavy atom. The number of halogens is 3. The Morgan fingerprint density at radius 1 is 1.24 bits per heavy atom. The number of nitrogens with one attached hydrogen (secondary N) is 1. The molecule has 2 aromatic rings. The third kappa shape index (κ3) is 3.58. The molecule has 0 aliphatic heterocycles. The van der Waals surface area contributed by atoms with Gasteiger partial charge in [0.2, 0.25) is 0 Å². The highest BCUT2D eigenvalue weighted by molar-refractivity contribution is 9.10. The molecule has 116 valence electrons. The predicted molar refractivity (Wildman–Crippen MR) is 94.6 cm³/mol. The first kappa shape index (κ1) is 17.1. The average Bonchev–Trinajstić information content (AvgIpc) is 2.76. The van der Waals surface area contributed by atoms with Gasteiger partial charge in [0.15, 0.2) is 5.58 Å². The summed E-state index contributed by atoms with van der Waals surface area (Å²) in [5.41, 5.74) is 1.81. The minimum absolute atomic E-state index is 0.310. The van der Waals surface area contributed by atoms with E-state index < -0.39 is 0 Å². The van der Waals surface area contributed by atoms with E-state index in [1.165, 1.54) is 0 Å². The summed E-state index contributed by atoms with van der Waals surface area (Å²) in [5.74, 6) is 1.82. The molecule has 0 aliphatic carbocycles. The van der Waals surface area contributed by atoms with E-state index in [1.54, 1.807) is 6.07 Å². The van der Waals surface area contributed by atoms with Crippen LogP contribution in [0.4, 0.5) is 0 Å². The lowest BCUT2D eigenvalue weighted by Gasteiger charge is -2.10. The molecule has 0 atom stereocenters. The lowest BCUT2D eigenvalue weighted by atomic mass is 9.99. The third-order valence-corrected chi connectivity index (χ3v) is 4.86. The summed E-state index contributed by atoms with van der Waals surface area (Å²) in [7, 11) is 0. The zero-order valence-corrected chi connectivity index (χ0v) is 15.8. The molecule has 1 aromatic heterocycles. The second kappa shape index (κ2) is 6.91. The maximum absolute atomic E-state index is 6.46. The van der Waals surface area contributed by atoms with Gasteiger partial charge in [-0.2, -0.15) is 0 Å². The Kier molecular flexibility index (Phi) is 5.64. The van der Waals surface area contributed by atoms with Crippen molar-refractivity contribution in [1.82, 2.24) is 5.32 Å². The average molecular weight is 393 g/mol. The van der Waals surface area contributed by atoms with Crippen LogP contribution in [0.25, 0.3) is 11.0 Å². The normalized spacial score (nSPS) is 12.0. The minimum Gasteiger partial charge on any atom is -0.458 e. The standard InChI is InChI=1S/C16H20BrCl2NO/c1-8(2)6-20-7-12-13(9(3)4)14-15(19)10(17)5-11(18)16(14)21-12/h5,8-9,20H,6-7H2,1-4H3. The van der Waals surface area contributed by atoms with Crippen LogP contribution < -0.4 is 5.32 Å². The third-order valence-electron chi connectivity index (χ3n) is 3.34. The number of hydrogen-bond acceptors (Lipinski definition) is 2. The number of furan rings is 1. The fourth-order valence-electron chi connectivity index (χ4n) is 2.45. The highest BCUT2D eigenvalue weighted by Crippen LogP contribution is 2.43. The second-order valence-electron chi connectivity index (χ2n) is 5.98. The Morgan fingerprint density at radius 3 is 2.48 bits per heavy atom. The Labute approximate surface area is 144 Å². The highest BCUT2D eigenvalue weighted by atomic mass is 79.9. The molecule has 0 amide bonds. The molecule has 0 fully saturated rings. The summed E-state index contributed by atoms with van der Waals surface area (Å²) < 4.78 is 6.81. The van der Waals surface area contributed by atoms with Crippen LogP contribution in [0.1, 0.15) is 44.9 Å². The molecule has 1 heterocycles. The summed E-state index contributed by atoms with van der Waals surface area (Å²) in [4.78, 5) is 0. The molecular weight excluding hydrogens is 373 g/mol. The first-order chi connectivity index (χ1) is 9.82. The summed E-state index contributed by atoms with van der Waals surface area (Å²) in [6.45, 7) is 10.3. The molecule has 0 radical (unpaired) electrons. The molecule has 2 rings (SSSR count). The maximum Gasteiger partial charge on any atom is 0.154 e. The van der Waals surface area contributed by atoms with Gasteiger partial charge >= 0.3 is 0 Å². The van der Waals surface area contributed by atoms with Gasteiger partial charge in [0.1, 0.15) is 5.76 Å². The zero-order chi connectivity index (χ0) is 15.7. The van der Waals surface area contributed by atoms with Gasteiger partial charge in [-0.1, -0.05) is 50.9 Å². The monoisotopic (exact) mass is 391 g/mol. The van der Waals surface area contributed by atoms with E-state index >= 15 is 0 Å². The van der Waals surface area contributed by atoms with Crippen LogP contribution >= 0.6 is 39.1 Å². The SMILES string of the molecule is CC(C)CNCc1oc2c(Cl)cc(Br)c(Cl)c2c1C(C)C. The molecule has 0 unspecified atom stereocenters. The molecular formula is C16H20BrCl2NO. The van der Waals surface area contributed by atoms with Gasteiger partial charge in [-0.25, -0.2) is 0 Å². The molecule has 21 heavy (non-hydrogen) atoms. The van der Waals surface area contributed by atoms with Crippen molar-refractivity contribution in [2.75, 3.05) is 6.54 Å². The number of fused-ring (bicyclic) bond motifs is 1. The summed E-state index contributed by atoms with van der Waals surface area (Å²) in [6.07, 6.45) is 0. The van der Waals surface area contributed by atoms with Crippen LogP contribution in [0.15, 0.2) is 15.0 Å². The van der Waals surface area contributed by atoms with Crippen molar-refractivity contribution in [2.45, 2.75) is 40.2 Å². The summed E-state index contributed by atoms with van der Waals surface area (Å²) in [6, 6.07) is 1.78.